The monoisotopic (exact) mass is 320 g/mol. The molecule has 0 radical (unpaired) electrons. The molecule has 0 aromatic carbocycles. The van der Waals surface area contributed by atoms with Crippen LogP contribution in [-0.4, -0.2) is 14.9 Å². The van der Waals surface area contributed by atoms with E-state index in [1.807, 2.05) is 0 Å². The van der Waals surface area contributed by atoms with Crippen LogP contribution in [0.4, 0.5) is 0 Å². The van der Waals surface area contributed by atoms with Gasteiger partial charge in [0, 0.05) is 4.88 Å². The molecule has 0 aliphatic heterocycles. The number of fused-ring (bicyclic) bond motifs is 3. The molecule has 1 aliphatic carbocycles. The molecule has 22 heavy (non-hydrogen) atoms. The summed E-state index contributed by atoms with van der Waals surface area (Å²) in [6.45, 7) is 1.67. The molecule has 3 rings (SSSR count). The zero-order chi connectivity index (χ0) is 15.5. The van der Waals surface area contributed by atoms with Crippen LogP contribution >= 0.6 is 11.3 Å². The quantitative estimate of drug-likeness (QED) is 0.739. The third-order valence-electron chi connectivity index (χ3n) is 4.63. The third-order valence-corrected chi connectivity index (χ3v) is 5.81. The Morgan fingerprint density at radius 2 is 1.59 bits per heavy atom. The van der Waals surface area contributed by atoms with Crippen LogP contribution in [0.5, 0.6) is 0 Å². The van der Waals surface area contributed by atoms with Gasteiger partial charge in [0.25, 0.3) is 5.56 Å². The molecule has 4 nitrogen and oxygen atoms in total. The molecule has 0 saturated carbocycles. The summed E-state index contributed by atoms with van der Waals surface area (Å²) in [5, 5.41) is 10.5. The van der Waals surface area contributed by atoms with Crippen molar-refractivity contribution < 1.29 is 5.21 Å². The van der Waals surface area contributed by atoms with E-state index in [0.29, 0.717) is 15.9 Å². The summed E-state index contributed by atoms with van der Waals surface area (Å²) in [5.74, 6) is 0.370. The first kappa shape index (κ1) is 15.5. The van der Waals surface area contributed by atoms with Gasteiger partial charge in [-0.05, 0) is 38.2 Å². The highest BCUT2D eigenvalue weighted by Crippen LogP contribution is 2.31. The van der Waals surface area contributed by atoms with Crippen LogP contribution in [0.3, 0.4) is 0 Å². The van der Waals surface area contributed by atoms with Crippen molar-refractivity contribution in [2.75, 3.05) is 0 Å². The second-order valence-electron chi connectivity index (χ2n) is 6.29. The lowest BCUT2D eigenvalue weighted by atomic mass is 9.99. The van der Waals surface area contributed by atoms with Crippen LogP contribution in [0.15, 0.2) is 4.79 Å². The second kappa shape index (κ2) is 6.82. The van der Waals surface area contributed by atoms with E-state index in [-0.39, 0.29) is 5.56 Å². The number of rotatable bonds is 0. The average Bonchev–Trinajstić information content (AvgIpc) is 2.82. The molecule has 2 heterocycles. The van der Waals surface area contributed by atoms with Gasteiger partial charge in [-0.2, -0.15) is 0 Å². The van der Waals surface area contributed by atoms with Crippen molar-refractivity contribution in [3.05, 3.63) is 26.6 Å². The van der Waals surface area contributed by atoms with Crippen molar-refractivity contribution in [2.45, 2.75) is 71.1 Å². The highest BCUT2D eigenvalue weighted by Gasteiger charge is 2.18. The van der Waals surface area contributed by atoms with E-state index >= 15 is 0 Å². The van der Waals surface area contributed by atoms with Gasteiger partial charge in [0.1, 0.15) is 10.7 Å². The van der Waals surface area contributed by atoms with Crippen molar-refractivity contribution in [1.29, 1.82) is 0 Å². The van der Waals surface area contributed by atoms with Gasteiger partial charge in [-0.3, -0.25) is 4.79 Å². The van der Waals surface area contributed by atoms with Crippen LogP contribution in [0.1, 0.15) is 67.6 Å². The molecule has 2 aromatic heterocycles. The Labute approximate surface area is 134 Å². The largest absolute Gasteiger partial charge is 0.424 e. The maximum Gasteiger partial charge on any atom is 0.295 e. The van der Waals surface area contributed by atoms with E-state index in [9.17, 15) is 10.0 Å². The number of aromatic nitrogens is 2. The van der Waals surface area contributed by atoms with Gasteiger partial charge in [0.05, 0.1) is 5.39 Å². The summed E-state index contributed by atoms with van der Waals surface area (Å²) in [5.41, 5.74) is 0.855. The molecular formula is C17H24N2O2S. The van der Waals surface area contributed by atoms with E-state index < -0.39 is 0 Å². The Morgan fingerprint density at radius 1 is 1.00 bits per heavy atom. The molecule has 1 aliphatic rings. The van der Waals surface area contributed by atoms with Crippen LogP contribution in [-0.2, 0) is 12.8 Å². The van der Waals surface area contributed by atoms with Crippen molar-refractivity contribution in [1.82, 2.24) is 9.71 Å². The van der Waals surface area contributed by atoms with Gasteiger partial charge in [-0.1, -0.05) is 38.5 Å². The molecule has 0 atom stereocenters. The fourth-order valence-electron chi connectivity index (χ4n) is 3.36. The topological polar surface area (TPSA) is 55.1 Å². The first-order valence-corrected chi connectivity index (χ1v) is 9.23. The minimum Gasteiger partial charge on any atom is -0.424 e. The zero-order valence-corrected chi connectivity index (χ0v) is 14.0. The Morgan fingerprint density at radius 3 is 2.27 bits per heavy atom. The van der Waals surface area contributed by atoms with Gasteiger partial charge in [0.15, 0.2) is 0 Å². The molecule has 120 valence electrons. The Kier molecular flexibility index (Phi) is 4.81. The lowest BCUT2D eigenvalue weighted by Gasteiger charge is -2.08. The molecule has 5 heteroatoms. The number of aryl methyl sites for hydroxylation is 3. The van der Waals surface area contributed by atoms with Crippen molar-refractivity contribution in [2.24, 2.45) is 0 Å². The predicted octanol–water partition coefficient (Wildman–Crippen LogP) is 4.22. The van der Waals surface area contributed by atoms with E-state index in [1.54, 1.807) is 18.3 Å². The molecule has 2 aromatic rings. The van der Waals surface area contributed by atoms with Crippen LogP contribution in [0, 0.1) is 6.92 Å². The lowest BCUT2D eigenvalue weighted by molar-refractivity contribution is 0.166. The van der Waals surface area contributed by atoms with E-state index in [1.165, 1.54) is 49.8 Å². The summed E-state index contributed by atoms with van der Waals surface area (Å²) in [4.78, 5) is 19.0. The standard InChI is InChI=1S/C17H24N2O2S/c1-12-18-16-15(17(20)19(12)21)13-10-8-6-4-2-3-5-7-9-11-14(13)22-16/h21H,2-11H2,1H3. The molecular weight excluding hydrogens is 296 g/mol. The van der Waals surface area contributed by atoms with Gasteiger partial charge < -0.3 is 5.21 Å². The van der Waals surface area contributed by atoms with Crippen LogP contribution in [0.25, 0.3) is 10.2 Å². The Bertz CT molecular complexity index is 717. The maximum atomic E-state index is 12.4. The van der Waals surface area contributed by atoms with Gasteiger partial charge in [-0.25, -0.2) is 4.98 Å². The van der Waals surface area contributed by atoms with E-state index in [0.717, 1.165) is 29.7 Å². The Balaban J connectivity index is 2.04. The molecule has 1 N–H and O–H groups in total. The molecule has 0 unspecified atom stereocenters. The fraction of sp³-hybridized carbons (Fsp3) is 0.647. The van der Waals surface area contributed by atoms with Crippen LogP contribution < -0.4 is 5.56 Å². The zero-order valence-electron chi connectivity index (χ0n) is 13.2. The molecule has 0 spiro atoms. The molecule has 0 amide bonds. The fourth-order valence-corrected chi connectivity index (χ4v) is 4.66. The number of hydrogen-bond donors (Lipinski definition) is 1. The summed E-state index contributed by atoms with van der Waals surface area (Å²) in [7, 11) is 0. The first-order chi connectivity index (χ1) is 10.7. The van der Waals surface area contributed by atoms with Crippen molar-refractivity contribution in [3.8, 4) is 0 Å². The summed E-state index contributed by atoms with van der Waals surface area (Å²) in [6.07, 6.45) is 12.1. The van der Waals surface area contributed by atoms with Crippen LogP contribution in [0.2, 0.25) is 0 Å². The van der Waals surface area contributed by atoms with Gasteiger partial charge in [0.2, 0.25) is 0 Å². The smallest absolute Gasteiger partial charge is 0.295 e. The highest BCUT2D eigenvalue weighted by atomic mass is 32.1. The second-order valence-corrected chi connectivity index (χ2v) is 7.37. The first-order valence-electron chi connectivity index (χ1n) is 8.41. The normalized spacial score (nSPS) is 17.7. The number of hydrogen-bond acceptors (Lipinski definition) is 4. The third kappa shape index (κ3) is 3.05. The Hall–Kier alpha value is -1.36. The van der Waals surface area contributed by atoms with Crippen molar-refractivity contribution in [3.63, 3.8) is 0 Å². The minimum atomic E-state index is -0.299. The highest BCUT2D eigenvalue weighted by molar-refractivity contribution is 7.18. The average molecular weight is 320 g/mol. The number of nitrogens with zero attached hydrogens (tertiary/aromatic N) is 2. The summed E-state index contributed by atoms with van der Waals surface area (Å²) in [6, 6.07) is 0. The van der Waals surface area contributed by atoms with E-state index in [4.69, 9.17) is 0 Å². The van der Waals surface area contributed by atoms with E-state index in [2.05, 4.69) is 4.98 Å². The minimum absolute atomic E-state index is 0.299. The predicted molar refractivity (Wildman–Crippen MR) is 90.1 cm³/mol. The molecule has 0 fully saturated rings. The molecule has 0 bridgehead atoms. The maximum absolute atomic E-state index is 12.4. The van der Waals surface area contributed by atoms with Crippen molar-refractivity contribution >= 4 is 21.6 Å². The summed E-state index contributed by atoms with van der Waals surface area (Å²) >= 11 is 1.65. The SMILES string of the molecule is Cc1nc2sc3c(c2c(=O)n1O)CCCCCCCCCC3. The lowest BCUT2D eigenvalue weighted by Crippen LogP contribution is -2.21. The van der Waals surface area contributed by atoms with Gasteiger partial charge in [-0.15, -0.1) is 16.1 Å². The number of thiophene rings is 1. The summed E-state index contributed by atoms with van der Waals surface area (Å²) < 4.78 is 0.700. The van der Waals surface area contributed by atoms with Gasteiger partial charge >= 0.3 is 0 Å². The molecule has 0 saturated heterocycles.